The summed E-state index contributed by atoms with van der Waals surface area (Å²) in [7, 11) is 0. The highest BCUT2D eigenvalue weighted by molar-refractivity contribution is 6.32. The van der Waals surface area contributed by atoms with E-state index in [2.05, 4.69) is 0 Å². The van der Waals surface area contributed by atoms with Crippen molar-refractivity contribution in [3.63, 3.8) is 0 Å². The molecule has 6 nitrogen and oxygen atoms in total. The lowest BCUT2D eigenvalue weighted by Crippen LogP contribution is -2.51. The Bertz CT molecular complexity index is 1030. The maximum absolute atomic E-state index is 13.1. The molecule has 0 aliphatic carbocycles. The second kappa shape index (κ2) is 6.83. The van der Waals surface area contributed by atoms with Gasteiger partial charge in [0.05, 0.1) is 16.3 Å². The molecule has 28 heavy (non-hydrogen) atoms. The number of hydrogen-bond acceptors (Lipinski definition) is 3. The average Bonchev–Trinajstić information content (AvgIpc) is 2.84. The van der Waals surface area contributed by atoms with Gasteiger partial charge in [-0.1, -0.05) is 11.6 Å². The van der Waals surface area contributed by atoms with Crippen LogP contribution in [-0.2, 0) is 15.8 Å². The molecule has 1 aliphatic heterocycles. The molecule has 3 rings (SSSR count). The number of aryl methyl sites for hydroxylation is 1. The van der Waals surface area contributed by atoms with Crippen molar-refractivity contribution in [1.29, 1.82) is 0 Å². The molecule has 0 unspecified atom stereocenters. The molecule has 4 amide bonds. The Labute approximate surface area is 162 Å². The topological polar surface area (TPSA) is 80.2 Å². The maximum Gasteiger partial charge on any atom is 0.416 e. The van der Waals surface area contributed by atoms with Gasteiger partial charge in [-0.2, -0.15) is 13.2 Å². The summed E-state index contributed by atoms with van der Waals surface area (Å²) in [6.07, 6.45) is -3.28. The standard InChI is InChI=1S/C18H13ClF3N3O3/c1-8-5-10(6-12-15(26)23-17(28)24-16(12)27)9(2)25(8)14-7-11(18(20,21)22)3-4-13(14)19/h3-7H,1-2H3,(H2,23,24,26,27,28). The molecular formula is C18H13ClF3N3O3. The highest BCUT2D eigenvalue weighted by atomic mass is 35.5. The molecule has 10 heteroatoms. The van der Waals surface area contributed by atoms with Gasteiger partial charge in [-0.05, 0) is 49.8 Å². The van der Waals surface area contributed by atoms with Gasteiger partial charge >= 0.3 is 12.2 Å². The molecule has 1 aliphatic rings. The molecular weight excluding hydrogens is 399 g/mol. The van der Waals surface area contributed by atoms with E-state index in [0.29, 0.717) is 17.0 Å². The highest BCUT2D eigenvalue weighted by Crippen LogP contribution is 2.35. The van der Waals surface area contributed by atoms with Crippen molar-refractivity contribution < 1.29 is 27.6 Å². The number of rotatable bonds is 2. The number of nitrogens with one attached hydrogen (secondary N) is 2. The van der Waals surface area contributed by atoms with E-state index in [9.17, 15) is 27.6 Å². The van der Waals surface area contributed by atoms with Crippen LogP contribution >= 0.6 is 11.6 Å². The molecule has 2 aromatic rings. The van der Waals surface area contributed by atoms with Crippen LogP contribution in [0.15, 0.2) is 29.8 Å². The van der Waals surface area contributed by atoms with Crippen LogP contribution in [0, 0.1) is 13.8 Å². The van der Waals surface area contributed by atoms with Crippen LogP contribution in [0.2, 0.25) is 5.02 Å². The normalized spacial score (nSPS) is 14.8. The predicted octanol–water partition coefficient (Wildman–Crippen LogP) is 3.52. The first-order chi connectivity index (χ1) is 13.0. The molecule has 1 saturated heterocycles. The number of amides is 4. The van der Waals surface area contributed by atoms with Gasteiger partial charge in [-0.15, -0.1) is 0 Å². The monoisotopic (exact) mass is 411 g/mol. The second-order valence-electron chi connectivity index (χ2n) is 6.12. The zero-order valence-corrected chi connectivity index (χ0v) is 15.3. The first-order valence-corrected chi connectivity index (χ1v) is 8.31. The van der Waals surface area contributed by atoms with Gasteiger partial charge in [0, 0.05) is 11.4 Å². The Hall–Kier alpha value is -3.07. The van der Waals surface area contributed by atoms with E-state index in [-0.39, 0.29) is 16.3 Å². The first kappa shape index (κ1) is 19.7. The van der Waals surface area contributed by atoms with Crippen molar-refractivity contribution >= 4 is 35.5 Å². The van der Waals surface area contributed by atoms with E-state index in [4.69, 9.17) is 11.6 Å². The summed E-state index contributed by atoms with van der Waals surface area (Å²) in [4.78, 5) is 34.9. The number of nitrogens with zero attached hydrogens (tertiary/aromatic N) is 1. The summed E-state index contributed by atoms with van der Waals surface area (Å²) in [6, 6.07) is 3.64. The van der Waals surface area contributed by atoms with Gasteiger partial charge in [-0.25, -0.2) is 4.79 Å². The molecule has 146 valence electrons. The molecule has 1 aromatic carbocycles. The Balaban J connectivity index is 2.12. The number of halogens is 4. The third-order valence-corrected chi connectivity index (χ3v) is 4.55. The number of benzene rings is 1. The van der Waals surface area contributed by atoms with Crippen molar-refractivity contribution in [2.24, 2.45) is 0 Å². The molecule has 1 fully saturated rings. The minimum absolute atomic E-state index is 0.104. The number of carbonyl (C=O) groups excluding carboxylic acids is 3. The van der Waals surface area contributed by atoms with Crippen LogP contribution < -0.4 is 10.6 Å². The number of carbonyl (C=O) groups is 3. The van der Waals surface area contributed by atoms with Gasteiger partial charge in [-0.3, -0.25) is 20.2 Å². The van der Waals surface area contributed by atoms with Gasteiger partial charge < -0.3 is 4.57 Å². The summed E-state index contributed by atoms with van der Waals surface area (Å²) in [5.74, 6) is -1.73. The lowest BCUT2D eigenvalue weighted by Gasteiger charge is -2.15. The molecule has 2 N–H and O–H groups in total. The highest BCUT2D eigenvalue weighted by Gasteiger charge is 2.32. The SMILES string of the molecule is Cc1cc(C=C2C(=O)NC(=O)NC2=O)c(C)n1-c1cc(C(F)(F)F)ccc1Cl. The van der Waals surface area contributed by atoms with Crippen LogP contribution in [0.3, 0.4) is 0 Å². The summed E-state index contributed by atoms with van der Waals surface area (Å²) < 4.78 is 40.7. The Morgan fingerprint density at radius 3 is 2.21 bits per heavy atom. The number of urea groups is 1. The molecule has 0 saturated carbocycles. The zero-order chi connectivity index (χ0) is 20.8. The van der Waals surface area contributed by atoms with Crippen LogP contribution in [0.25, 0.3) is 11.8 Å². The first-order valence-electron chi connectivity index (χ1n) is 7.93. The smallest absolute Gasteiger partial charge is 0.316 e. The second-order valence-corrected chi connectivity index (χ2v) is 6.53. The van der Waals surface area contributed by atoms with E-state index in [1.165, 1.54) is 10.6 Å². The van der Waals surface area contributed by atoms with Crippen LogP contribution in [0.5, 0.6) is 0 Å². The zero-order valence-electron chi connectivity index (χ0n) is 14.6. The fourth-order valence-electron chi connectivity index (χ4n) is 2.93. The molecule has 0 radical (unpaired) electrons. The van der Waals surface area contributed by atoms with E-state index in [1.54, 1.807) is 19.9 Å². The Kier molecular flexibility index (Phi) is 4.80. The maximum atomic E-state index is 13.1. The number of hydrogen-bond donors (Lipinski definition) is 2. The predicted molar refractivity (Wildman–Crippen MR) is 94.9 cm³/mol. The summed E-state index contributed by atoms with van der Waals surface area (Å²) in [5.41, 5.74) is 0.380. The lowest BCUT2D eigenvalue weighted by atomic mass is 10.1. The minimum Gasteiger partial charge on any atom is -0.316 e. The average molecular weight is 412 g/mol. The van der Waals surface area contributed by atoms with Crippen LogP contribution in [0.4, 0.5) is 18.0 Å². The summed E-state index contributed by atoms with van der Waals surface area (Å²) >= 11 is 6.12. The van der Waals surface area contributed by atoms with E-state index >= 15 is 0 Å². The molecule has 0 spiro atoms. The van der Waals surface area contributed by atoms with Gasteiger partial charge in [0.25, 0.3) is 11.8 Å². The van der Waals surface area contributed by atoms with Crippen LogP contribution in [-0.4, -0.2) is 22.4 Å². The molecule has 2 heterocycles. The largest absolute Gasteiger partial charge is 0.416 e. The van der Waals surface area contributed by atoms with Crippen molar-refractivity contribution in [2.45, 2.75) is 20.0 Å². The molecule has 0 bridgehead atoms. The van der Waals surface area contributed by atoms with Gasteiger partial charge in [0.1, 0.15) is 5.57 Å². The number of aromatic nitrogens is 1. The Morgan fingerprint density at radius 2 is 1.64 bits per heavy atom. The number of imide groups is 2. The third kappa shape index (κ3) is 3.53. The summed E-state index contributed by atoms with van der Waals surface area (Å²) in [6.45, 7) is 3.26. The van der Waals surface area contributed by atoms with Crippen LogP contribution in [0.1, 0.15) is 22.5 Å². The fourth-order valence-corrected chi connectivity index (χ4v) is 3.13. The molecule has 1 aromatic heterocycles. The Morgan fingerprint density at radius 1 is 1.04 bits per heavy atom. The lowest BCUT2D eigenvalue weighted by molar-refractivity contribution is -0.137. The quantitative estimate of drug-likeness (QED) is 0.586. The summed E-state index contributed by atoms with van der Waals surface area (Å²) in [5, 5.41) is 4.01. The van der Waals surface area contributed by atoms with E-state index < -0.39 is 29.6 Å². The minimum atomic E-state index is -4.54. The number of alkyl halides is 3. The van der Waals surface area contributed by atoms with Crippen molar-refractivity contribution in [1.82, 2.24) is 15.2 Å². The van der Waals surface area contributed by atoms with Crippen molar-refractivity contribution in [3.8, 4) is 5.69 Å². The molecule has 0 atom stereocenters. The van der Waals surface area contributed by atoms with E-state index in [0.717, 1.165) is 18.2 Å². The number of barbiturate groups is 1. The fraction of sp³-hybridized carbons (Fsp3) is 0.167. The third-order valence-electron chi connectivity index (χ3n) is 4.23. The van der Waals surface area contributed by atoms with Crippen molar-refractivity contribution in [3.05, 3.63) is 57.4 Å². The van der Waals surface area contributed by atoms with Gasteiger partial charge in [0.2, 0.25) is 0 Å². The van der Waals surface area contributed by atoms with E-state index in [1.807, 2.05) is 10.6 Å². The van der Waals surface area contributed by atoms with Gasteiger partial charge in [0.15, 0.2) is 0 Å². The van der Waals surface area contributed by atoms with Crippen molar-refractivity contribution in [2.75, 3.05) is 0 Å².